The molecule has 3 aliphatic rings. The van der Waals surface area contributed by atoms with E-state index in [-0.39, 0.29) is 23.7 Å². The van der Waals surface area contributed by atoms with Gasteiger partial charge in [-0.1, -0.05) is 30.1 Å². The lowest BCUT2D eigenvalue weighted by Gasteiger charge is -2.30. The molecule has 0 bridgehead atoms. The van der Waals surface area contributed by atoms with Crippen molar-refractivity contribution in [3.05, 3.63) is 33.3 Å². The van der Waals surface area contributed by atoms with Gasteiger partial charge in [0.05, 0.1) is 10.0 Å². The molecule has 4 rings (SSSR count). The van der Waals surface area contributed by atoms with Crippen LogP contribution in [0, 0.1) is 11.8 Å². The first-order valence-corrected chi connectivity index (χ1v) is 9.45. The van der Waals surface area contributed by atoms with Crippen LogP contribution in [-0.4, -0.2) is 28.3 Å². The summed E-state index contributed by atoms with van der Waals surface area (Å²) >= 11 is 12.1. The number of nitrogens with zero attached hydrogens (tertiary/aromatic N) is 1. The molecule has 6 nitrogen and oxygen atoms in total. The fourth-order valence-electron chi connectivity index (χ4n) is 4.11. The zero-order valence-corrected chi connectivity index (χ0v) is 15.8. The summed E-state index contributed by atoms with van der Waals surface area (Å²) < 4.78 is 0. The molecule has 2 aliphatic heterocycles. The molecule has 1 saturated carbocycles. The predicted molar refractivity (Wildman–Crippen MR) is 96.6 cm³/mol. The van der Waals surface area contributed by atoms with E-state index >= 15 is 0 Å². The van der Waals surface area contributed by atoms with Crippen molar-refractivity contribution in [2.24, 2.45) is 11.8 Å². The molecule has 2 N–H and O–H groups in total. The molecule has 26 heavy (non-hydrogen) atoms. The molecule has 138 valence electrons. The fourth-order valence-corrected chi connectivity index (χ4v) is 4.48. The highest BCUT2D eigenvalue weighted by Gasteiger charge is 2.56. The highest BCUT2D eigenvalue weighted by atomic mass is 35.5. The summed E-state index contributed by atoms with van der Waals surface area (Å²) in [4.78, 5) is 38.7. The van der Waals surface area contributed by atoms with E-state index in [0.29, 0.717) is 29.6 Å². The standard InChI is InChI=1S/C18H19Cl2N3O3/c1-9(6-18(12-2-3-12)16(25)21-17(26)22-18)15(24)23-7-10-4-13(19)14(20)5-11(10)8-23/h4-5,9,12H,2-3,6-8H2,1H3,(H2,21,22,25,26)/t9?,18-/m1/s1. The quantitative estimate of drug-likeness (QED) is 0.769. The average molecular weight is 396 g/mol. The Hall–Kier alpha value is -1.79. The van der Waals surface area contributed by atoms with Crippen molar-refractivity contribution >= 4 is 41.0 Å². The van der Waals surface area contributed by atoms with Crippen LogP contribution >= 0.6 is 23.2 Å². The first-order chi connectivity index (χ1) is 12.3. The number of nitrogens with one attached hydrogen (secondary N) is 2. The summed E-state index contributed by atoms with van der Waals surface area (Å²) in [6, 6.07) is 3.13. The molecule has 2 heterocycles. The van der Waals surface area contributed by atoms with Gasteiger partial charge < -0.3 is 10.2 Å². The molecule has 4 amide bonds. The van der Waals surface area contributed by atoms with Crippen LogP contribution < -0.4 is 10.6 Å². The van der Waals surface area contributed by atoms with Crippen LogP contribution in [0.2, 0.25) is 10.0 Å². The van der Waals surface area contributed by atoms with Gasteiger partial charge in [-0.05, 0) is 48.4 Å². The molecular weight excluding hydrogens is 377 g/mol. The van der Waals surface area contributed by atoms with Gasteiger partial charge in [-0.15, -0.1) is 0 Å². The Morgan fingerprint density at radius 3 is 2.27 bits per heavy atom. The molecule has 2 atom stereocenters. The zero-order valence-electron chi connectivity index (χ0n) is 14.3. The summed E-state index contributed by atoms with van der Waals surface area (Å²) in [7, 11) is 0. The van der Waals surface area contributed by atoms with Crippen molar-refractivity contribution in [1.29, 1.82) is 0 Å². The number of imide groups is 1. The van der Waals surface area contributed by atoms with Crippen molar-refractivity contribution in [3.8, 4) is 0 Å². The third-order valence-electron chi connectivity index (χ3n) is 5.57. The Morgan fingerprint density at radius 2 is 1.81 bits per heavy atom. The van der Waals surface area contributed by atoms with Crippen LogP contribution in [0.25, 0.3) is 0 Å². The maximum Gasteiger partial charge on any atom is 0.322 e. The highest BCUT2D eigenvalue weighted by molar-refractivity contribution is 6.42. The van der Waals surface area contributed by atoms with Crippen molar-refractivity contribution < 1.29 is 14.4 Å². The lowest BCUT2D eigenvalue weighted by Crippen LogP contribution is -2.51. The molecular formula is C18H19Cl2N3O3. The first kappa shape index (κ1) is 17.6. The average Bonchev–Trinajstić information content (AvgIpc) is 3.29. The molecule has 0 spiro atoms. The number of fused-ring (bicyclic) bond motifs is 1. The van der Waals surface area contributed by atoms with Crippen LogP contribution in [0.15, 0.2) is 12.1 Å². The molecule has 1 aromatic carbocycles. The minimum absolute atomic E-state index is 0.0394. The summed E-state index contributed by atoms with van der Waals surface area (Å²) in [5.74, 6) is -0.632. The van der Waals surface area contributed by atoms with Crippen LogP contribution in [0.5, 0.6) is 0 Å². The smallest absolute Gasteiger partial charge is 0.322 e. The van der Waals surface area contributed by atoms with E-state index in [1.165, 1.54) is 0 Å². The topological polar surface area (TPSA) is 78.5 Å². The van der Waals surface area contributed by atoms with E-state index in [1.54, 1.807) is 17.0 Å². The second-order valence-electron chi connectivity index (χ2n) is 7.49. The summed E-state index contributed by atoms with van der Waals surface area (Å²) in [5.41, 5.74) is 1.03. The van der Waals surface area contributed by atoms with Gasteiger partial charge in [-0.3, -0.25) is 14.9 Å². The van der Waals surface area contributed by atoms with Crippen molar-refractivity contribution in [1.82, 2.24) is 15.5 Å². The van der Waals surface area contributed by atoms with E-state index in [2.05, 4.69) is 10.6 Å². The number of halogens is 2. The number of carbonyl (C=O) groups is 3. The molecule has 1 aliphatic carbocycles. The van der Waals surface area contributed by atoms with Crippen LogP contribution in [-0.2, 0) is 22.7 Å². The van der Waals surface area contributed by atoms with Gasteiger partial charge in [0.15, 0.2) is 0 Å². The summed E-state index contributed by atoms with van der Waals surface area (Å²) in [5, 5.41) is 6.06. The molecule has 0 aromatic heterocycles. The maximum atomic E-state index is 13.0. The van der Waals surface area contributed by atoms with Crippen molar-refractivity contribution in [2.45, 2.75) is 44.8 Å². The number of rotatable bonds is 4. The largest absolute Gasteiger partial charge is 0.334 e. The number of benzene rings is 1. The van der Waals surface area contributed by atoms with Gasteiger partial charge in [0.2, 0.25) is 5.91 Å². The van der Waals surface area contributed by atoms with Gasteiger partial charge >= 0.3 is 6.03 Å². The minimum Gasteiger partial charge on any atom is -0.334 e. The molecule has 2 fully saturated rings. The van der Waals surface area contributed by atoms with E-state index in [1.807, 2.05) is 6.92 Å². The third kappa shape index (κ3) is 2.85. The SMILES string of the molecule is CC(C[C@]1(C2CC2)NC(=O)NC1=O)C(=O)N1Cc2cc(Cl)c(Cl)cc2C1. The minimum atomic E-state index is -0.953. The first-order valence-electron chi connectivity index (χ1n) is 8.69. The van der Waals surface area contributed by atoms with Gasteiger partial charge in [0.1, 0.15) is 5.54 Å². The van der Waals surface area contributed by atoms with Gasteiger partial charge in [-0.25, -0.2) is 4.79 Å². The highest BCUT2D eigenvalue weighted by Crippen LogP contribution is 2.45. The second kappa shape index (κ2) is 6.13. The maximum absolute atomic E-state index is 13.0. The van der Waals surface area contributed by atoms with E-state index in [4.69, 9.17) is 23.2 Å². The predicted octanol–water partition coefficient (Wildman–Crippen LogP) is 2.85. The van der Waals surface area contributed by atoms with Gasteiger partial charge in [-0.2, -0.15) is 0 Å². The normalized spacial score (nSPS) is 25.7. The Balaban J connectivity index is 1.49. The monoisotopic (exact) mass is 395 g/mol. The Kier molecular flexibility index (Phi) is 4.15. The lowest BCUT2D eigenvalue weighted by atomic mass is 9.83. The second-order valence-corrected chi connectivity index (χ2v) is 8.30. The van der Waals surface area contributed by atoms with Crippen LogP contribution in [0.3, 0.4) is 0 Å². The Bertz CT molecular complexity index is 793. The molecule has 0 radical (unpaired) electrons. The summed E-state index contributed by atoms with van der Waals surface area (Å²) in [6.45, 7) is 2.77. The number of carbonyl (C=O) groups excluding carboxylic acids is 3. The number of hydrogen-bond acceptors (Lipinski definition) is 3. The molecule has 8 heteroatoms. The Labute approximate surface area is 161 Å². The summed E-state index contributed by atoms with van der Waals surface area (Å²) in [6.07, 6.45) is 2.09. The molecule has 1 saturated heterocycles. The van der Waals surface area contributed by atoms with Gasteiger partial charge in [0.25, 0.3) is 5.91 Å². The number of amides is 4. The third-order valence-corrected chi connectivity index (χ3v) is 6.29. The van der Waals surface area contributed by atoms with Crippen LogP contribution in [0.4, 0.5) is 4.79 Å². The molecule has 1 unspecified atom stereocenters. The number of hydrogen-bond donors (Lipinski definition) is 2. The van der Waals surface area contributed by atoms with Crippen molar-refractivity contribution in [2.75, 3.05) is 0 Å². The fraction of sp³-hybridized carbons (Fsp3) is 0.500. The van der Waals surface area contributed by atoms with Crippen LogP contribution in [0.1, 0.15) is 37.3 Å². The number of urea groups is 1. The Morgan fingerprint density at radius 1 is 1.23 bits per heavy atom. The van der Waals surface area contributed by atoms with Crippen molar-refractivity contribution in [3.63, 3.8) is 0 Å². The van der Waals surface area contributed by atoms with E-state index in [9.17, 15) is 14.4 Å². The van der Waals surface area contributed by atoms with E-state index in [0.717, 1.165) is 24.0 Å². The van der Waals surface area contributed by atoms with E-state index < -0.39 is 11.6 Å². The molecule has 1 aromatic rings. The van der Waals surface area contributed by atoms with Gasteiger partial charge in [0, 0.05) is 19.0 Å². The zero-order chi connectivity index (χ0) is 18.6. The lowest BCUT2D eigenvalue weighted by molar-refractivity contribution is -0.137.